The van der Waals surface area contributed by atoms with E-state index in [2.05, 4.69) is 35.3 Å². The number of rotatable bonds is 19. The minimum atomic E-state index is -5.25. The Kier molecular flexibility index (Phi) is 15.4. The molecule has 0 spiro atoms. The molecule has 0 fully saturated rings. The molecule has 0 radical (unpaired) electrons. The van der Waals surface area contributed by atoms with E-state index in [-0.39, 0.29) is 56.5 Å². The van der Waals surface area contributed by atoms with Crippen LogP contribution in [0.2, 0.25) is 0 Å². The van der Waals surface area contributed by atoms with Crippen molar-refractivity contribution in [3.05, 3.63) is 60.7 Å². The van der Waals surface area contributed by atoms with E-state index in [0.717, 1.165) is 43.3 Å². The number of benzene rings is 4. The maximum absolute atomic E-state index is 13.1. The first-order chi connectivity index (χ1) is 28.2. The Bertz CT molecular complexity index is 3000. The van der Waals surface area contributed by atoms with E-state index < -0.39 is 114 Å². The van der Waals surface area contributed by atoms with Gasteiger partial charge in [0.15, 0.2) is 19.7 Å². The van der Waals surface area contributed by atoms with Gasteiger partial charge < -0.3 is 15.7 Å². The monoisotopic (exact) mass is 968 g/mol. The zero-order valence-electron chi connectivity index (χ0n) is 31.0. The molecule has 29 heteroatoms. The first-order valence-electron chi connectivity index (χ1n) is 16.7. The summed E-state index contributed by atoms with van der Waals surface area (Å²) >= 11 is 5.53. The van der Waals surface area contributed by atoms with Crippen molar-refractivity contribution in [3.8, 4) is 5.75 Å². The second kappa shape index (κ2) is 19.3. The molecule has 330 valence electrons. The number of hydrogen-bond acceptors (Lipinski definition) is 18. The number of azo groups is 2. The zero-order valence-corrected chi connectivity index (χ0v) is 35.9. The van der Waals surface area contributed by atoms with Gasteiger partial charge in [0.1, 0.15) is 27.7 Å². The summed E-state index contributed by atoms with van der Waals surface area (Å²) < 4.78 is 152. The third-order valence-electron chi connectivity index (χ3n) is 7.84. The zero-order chi connectivity index (χ0) is 45.6. The van der Waals surface area contributed by atoms with E-state index in [4.69, 9.17) is 16.2 Å². The van der Waals surface area contributed by atoms with Gasteiger partial charge in [-0.25, -0.2) is 21.0 Å². The van der Waals surface area contributed by atoms with Crippen LogP contribution < -0.4 is 10.6 Å². The lowest BCUT2D eigenvalue weighted by molar-refractivity contribution is -0.116. The highest BCUT2D eigenvalue weighted by atomic mass is 35.5. The Morgan fingerprint density at radius 2 is 1.36 bits per heavy atom. The quantitative estimate of drug-likeness (QED) is 0.0418. The van der Waals surface area contributed by atoms with E-state index in [1.807, 2.05) is 0 Å². The molecule has 0 aliphatic carbocycles. The predicted octanol–water partition coefficient (Wildman–Crippen LogP) is 4.79. The summed E-state index contributed by atoms with van der Waals surface area (Å²) in [6.45, 7) is 0.214. The average molecular weight is 969 g/mol. The lowest BCUT2D eigenvalue weighted by Crippen LogP contribution is -2.16. The van der Waals surface area contributed by atoms with Crippen molar-refractivity contribution >= 4 is 119 Å². The second-order valence-electron chi connectivity index (χ2n) is 12.4. The third-order valence-corrected chi connectivity index (χ3v) is 13.9. The van der Waals surface area contributed by atoms with Crippen molar-refractivity contribution in [1.82, 2.24) is 0 Å². The van der Waals surface area contributed by atoms with Gasteiger partial charge >= 0.3 is 10.4 Å². The van der Waals surface area contributed by atoms with Gasteiger partial charge in [-0.3, -0.25) is 23.2 Å². The largest absolute Gasteiger partial charge is 0.507 e. The molecule has 0 atom stereocenters. The Balaban J connectivity index is 1.84. The summed E-state index contributed by atoms with van der Waals surface area (Å²) in [5, 5.41) is 31.1. The van der Waals surface area contributed by atoms with E-state index >= 15 is 0 Å². The number of aromatic hydroxyl groups is 1. The summed E-state index contributed by atoms with van der Waals surface area (Å²) in [4.78, 5) is 23.1. The van der Waals surface area contributed by atoms with E-state index in [1.165, 1.54) is 12.1 Å². The van der Waals surface area contributed by atoms with Gasteiger partial charge in [-0.1, -0.05) is 6.07 Å². The minimum absolute atomic E-state index is 0.0562. The smallest absolute Gasteiger partial charge is 0.397 e. The molecule has 6 N–H and O–H groups in total. The van der Waals surface area contributed by atoms with Crippen LogP contribution in [-0.4, -0.2) is 102 Å². The number of nitrogens with zero attached hydrogens (tertiary/aromatic N) is 4. The van der Waals surface area contributed by atoms with Crippen LogP contribution in [-0.2, 0) is 64.1 Å². The van der Waals surface area contributed by atoms with Crippen LogP contribution >= 0.6 is 11.6 Å². The van der Waals surface area contributed by atoms with Crippen molar-refractivity contribution in [2.45, 2.75) is 34.5 Å². The van der Waals surface area contributed by atoms with Crippen LogP contribution in [0.5, 0.6) is 5.75 Å². The number of hydrogen-bond donors (Lipinski definition) is 6. The first kappa shape index (κ1) is 48.6. The Morgan fingerprint density at radius 1 is 0.705 bits per heavy atom. The summed E-state index contributed by atoms with van der Waals surface area (Å²) in [7, 11) is -22.7. The number of sulfone groups is 2. The number of carbonyl (C=O) groups excluding carboxylic acids is 2. The highest BCUT2D eigenvalue weighted by Crippen LogP contribution is 2.43. The van der Waals surface area contributed by atoms with E-state index in [9.17, 15) is 65.9 Å². The van der Waals surface area contributed by atoms with Crippen LogP contribution in [0.15, 0.2) is 95.8 Å². The second-order valence-corrected chi connectivity index (χ2v) is 21.1. The maximum Gasteiger partial charge on any atom is 0.397 e. The molecule has 4 rings (SSSR count). The molecule has 23 nitrogen and oxygen atoms in total. The predicted molar refractivity (Wildman–Crippen MR) is 218 cm³/mol. The standard InChI is InChI=1S/C32H33ClN6O17S5/c1-19(40)34-24-9-4-20-15-23(59(47,48)49)16-28(41)31(20)32(24)39-38-27-17-25(35-30(42)3-2-12-57(43,44)13-10-33)26(18-29(27)60(50,51)52)37-36-21-5-7-22(8-6-21)58(45,46)14-11-56-61(53,54)55/h4-9,15-18,41H,2-3,10-14H2,1H3,(H,34,40)(H,35,42)(H,47,48,49)(H,50,51,52)(H,53,54,55). The van der Waals surface area contributed by atoms with E-state index in [1.54, 1.807) is 0 Å². The molecule has 0 aliphatic heterocycles. The van der Waals surface area contributed by atoms with Gasteiger partial charge in [-0.15, -0.1) is 26.9 Å². The van der Waals surface area contributed by atoms with Crippen LogP contribution in [0.25, 0.3) is 10.8 Å². The highest BCUT2D eigenvalue weighted by Gasteiger charge is 2.23. The lowest BCUT2D eigenvalue weighted by Gasteiger charge is -2.13. The molecule has 61 heavy (non-hydrogen) atoms. The van der Waals surface area contributed by atoms with Gasteiger partial charge in [0, 0.05) is 25.3 Å². The van der Waals surface area contributed by atoms with Crippen LogP contribution in [0.4, 0.5) is 34.1 Å². The number of carbonyl (C=O) groups is 2. The number of nitrogens with one attached hydrogen (secondary N) is 2. The van der Waals surface area contributed by atoms with Crippen LogP contribution in [0, 0.1) is 0 Å². The van der Waals surface area contributed by atoms with Crippen molar-refractivity contribution in [1.29, 1.82) is 0 Å². The SMILES string of the molecule is CC(=O)Nc1ccc2cc(S(=O)(=O)O)cc(O)c2c1N=Nc1cc(NC(=O)CCCS(=O)(=O)CCCl)c(N=Nc2ccc(S(=O)(=O)CCOS(=O)(=O)O)cc2)cc1S(=O)(=O)O. The van der Waals surface area contributed by atoms with Crippen LogP contribution in [0.1, 0.15) is 19.8 Å². The summed E-state index contributed by atoms with van der Waals surface area (Å²) in [6.07, 6.45) is -0.578. The van der Waals surface area contributed by atoms with Gasteiger partial charge in [0.25, 0.3) is 20.2 Å². The van der Waals surface area contributed by atoms with Gasteiger partial charge in [0.2, 0.25) is 11.8 Å². The fourth-order valence-electron chi connectivity index (χ4n) is 5.15. The molecule has 4 aromatic rings. The average Bonchev–Trinajstić information content (AvgIpc) is 3.12. The number of phenolic OH excluding ortho intramolecular Hbond substituents is 1. The molecule has 4 aromatic carbocycles. The molecule has 0 bridgehead atoms. The normalized spacial score (nSPS) is 12.9. The molecule has 0 saturated heterocycles. The first-order valence-corrected chi connectivity index (χ1v) is 25.0. The fraction of sp³-hybridized carbons (Fsp3) is 0.250. The fourth-order valence-corrected chi connectivity index (χ4v) is 9.53. The number of alkyl halides is 1. The summed E-state index contributed by atoms with van der Waals surface area (Å²) in [6, 6.07) is 10.0. The number of anilines is 2. The summed E-state index contributed by atoms with van der Waals surface area (Å²) in [5.41, 5.74) is -2.09. The van der Waals surface area contributed by atoms with Crippen molar-refractivity contribution in [2.24, 2.45) is 20.5 Å². The molecule has 0 aliphatic rings. The Morgan fingerprint density at radius 3 is 1.95 bits per heavy atom. The maximum atomic E-state index is 13.1. The molecule has 0 saturated carbocycles. The topological polar surface area (TPSA) is 368 Å². The molecule has 0 unspecified atom stereocenters. The van der Waals surface area contributed by atoms with Crippen molar-refractivity contribution in [2.75, 3.05) is 40.4 Å². The Hall–Kier alpha value is -5.04. The molecular formula is C32H33ClN6O17S5. The minimum Gasteiger partial charge on any atom is -0.507 e. The van der Waals surface area contributed by atoms with Crippen molar-refractivity contribution in [3.63, 3.8) is 0 Å². The summed E-state index contributed by atoms with van der Waals surface area (Å²) in [5.74, 6) is -4.05. The van der Waals surface area contributed by atoms with E-state index in [0.29, 0.717) is 12.1 Å². The van der Waals surface area contributed by atoms with Gasteiger partial charge in [-0.2, -0.15) is 30.4 Å². The third kappa shape index (κ3) is 14.0. The number of fused-ring (bicyclic) bond motifs is 1. The molecule has 0 heterocycles. The molecule has 2 amide bonds. The number of halogens is 1. The number of amides is 2. The lowest BCUT2D eigenvalue weighted by atomic mass is 10.1. The molecule has 0 aromatic heterocycles. The van der Waals surface area contributed by atoms with Crippen LogP contribution in [0.3, 0.4) is 0 Å². The van der Waals surface area contributed by atoms with Gasteiger partial charge in [-0.05, 0) is 60.3 Å². The van der Waals surface area contributed by atoms with Gasteiger partial charge in [0.05, 0.1) is 56.1 Å². The van der Waals surface area contributed by atoms with Crippen molar-refractivity contribution < 1.29 is 74.6 Å². The highest BCUT2D eigenvalue weighted by molar-refractivity contribution is 7.91. The Labute approximate surface area is 353 Å². The number of phenols is 1. The molecular weight excluding hydrogens is 936 g/mol.